The molecule has 31 heavy (non-hydrogen) atoms. The number of nitrogens with zero attached hydrogens (tertiary/aromatic N) is 3. The highest BCUT2D eigenvalue weighted by Gasteiger charge is 2.26. The summed E-state index contributed by atoms with van der Waals surface area (Å²) in [6, 6.07) is 9.47. The average molecular weight is 480 g/mol. The van der Waals surface area contributed by atoms with Crippen molar-refractivity contribution in [2.75, 3.05) is 26.2 Å². The van der Waals surface area contributed by atoms with Crippen molar-refractivity contribution in [1.82, 2.24) is 9.80 Å². The number of nitro groups is 1. The van der Waals surface area contributed by atoms with Gasteiger partial charge in [-0.2, -0.15) is 0 Å². The number of rotatable bonds is 5. The van der Waals surface area contributed by atoms with Gasteiger partial charge in [-0.05, 0) is 29.8 Å². The lowest BCUT2D eigenvalue weighted by Crippen LogP contribution is -2.50. The van der Waals surface area contributed by atoms with Crippen molar-refractivity contribution in [3.05, 3.63) is 68.7 Å². The summed E-state index contributed by atoms with van der Waals surface area (Å²) in [5, 5.41) is 12.5. The third kappa shape index (κ3) is 5.58. The van der Waals surface area contributed by atoms with Crippen molar-refractivity contribution in [3.8, 4) is 0 Å². The zero-order valence-electron chi connectivity index (χ0n) is 16.6. The maximum atomic E-state index is 12.8. The molecule has 1 saturated heterocycles. The van der Waals surface area contributed by atoms with Crippen LogP contribution in [0, 0.1) is 10.1 Å². The molecule has 0 atom stereocenters. The van der Waals surface area contributed by atoms with Gasteiger partial charge in [0.2, 0.25) is 5.91 Å². The smallest absolute Gasteiger partial charge is 0.283 e. The molecule has 2 aromatic rings. The number of halogens is 2. The molecule has 0 unspecified atom stereocenters. The quantitative estimate of drug-likeness (QED) is 0.350. The zero-order valence-corrected chi connectivity index (χ0v) is 19.0. The van der Waals surface area contributed by atoms with E-state index < -0.39 is 4.92 Å². The number of amides is 2. The minimum absolute atomic E-state index is 0.0318. The van der Waals surface area contributed by atoms with Gasteiger partial charge in [-0.15, -0.1) is 0 Å². The van der Waals surface area contributed by atoms with Gasteiger partial charge >= 0.3 is 0 Å². The number of nitro benzene ring substituents is 1. The molecule has 1 aliphatic heterocycles. The van der Waals surface area contributed by atoms with Crippen molar-refractivity contribution in [3.63, 3.8) is 0 Å². The Kier molecular flexibility index (Phi) is 7.25. The summed E-state index contributed by atoms with van der Waals surface area (Å²) in [4.78, 5) is 39.8. The van der Waals surface area contributed by atoms with Crippen LogP contribution in [-0.2, 0) is 9.59 Å². The third-order valence-electron chi connectivity index (χ3n) is 4.84. The lowest BCUT2D eigenvalue weighted by Gasteiger charge is -2.34. The summed E-state index contributed by atoms with van der Waals surface area (Å²) in [7, 11) is 0. The first-order valence-corrected chi connectivity index (χ1v) is 10.9. The molecule has 0 bridgehead atoms. The molecular weight excluding hydrogens is 461 g/mol. The Morgan fingerprint density at radius 3 is 2.16 bits per heavy atom. The number of carbonyl (C=O) groups excluding carboxylic acids is 2. The Morgan fingerprint density at radius 1 is 1.03 bits per heavy atom. The van der Waals surface area contributed by atoms with Gasteiger partial charge in [0.05, 0.1) is 9.82 Å². The van der Waals surface area contributed by atoms with Crippen LogP contribution in [0.4, 0.5) is 5.69 Å². The van der Waals surface area contributed by atoms with Crippen LogP contribution in [0.3, 0.4) is 0 Å². The van der Waals surface area contributed by atoms with E-state index in [1.54, 1.807) is 40.1 Å². The molecule has 0 aliphatic carbocycles. The molecule has 1 aliphatic rings. The van der Waals surface area contributed by atoms with Gasteiger partial charge in [-0.3, -0.25) is 19.7 Å². The average Bonchev–Trinajstić information content (AvgIpc) is 2.72. The van der Waals surface area contributed by atoms with E-state index in [9.17, 15) is 19.7 Å². The fourth-order valence-electron chi connectivity index (χ4n) is 3.19. The van der Waals surface area contributed by atoms with Gasteiger partial charge in [0.25, 0.3) is 11.6 Å². The first-order chi connectivity index (χ1) is 14.7. The highest BCUT2D eigenvalue weighted by Crippen LogP contribution is 2.38. The Hall–Kier alpha value is -2.55. The van der Waals surface area contributed by atoms with Crippen LogP contribution in [0.15, 0.2) is 52.8 Å². The molecule has 0 aromatic heterocycles. The van der Waals surface area contributed by atoms with Crippen LogP contribution < -0.4 is 0 Å². The topological polar surface area (TPSA) is 83.8 Å². The molecule has 1 fully saturated rings. The summed E-state index contributed by atoms with van der Waals surface area (Å²) in [6.07, 6.45) is 0. The van der Waals surface area contributed by atoms with Crippen LogP contribution in [0.1, 0.15) is 12.5 Å². The standard InChI is InChI=1S/C21H19Cl2N3O4S/c1-13(21(28)25-7-5-24(6-8-25)14(2)27)15-3-4-20(19(9-15)26(29)30)31-18-11-16(22)10-17(23)12-18/h3-4,9-12H,1,5-8H2,2H3. The van der Waals surface area contributed by atoms with E-state index in [-0.39, 0.29) is 23.1 Å². The SMILES string of the molecule is C=C(C(=O)N1CCN(C(C)=O)CC1)c1ccc(Sc2cc(Cl)cc(Cl)c2)c([N+](=O)[O-])c1. The molecule has 162 valence electrons. The minimum Gasteiger partial charge on any atom is -0.339 e. The number of benzene rings is 2. The molecule has 3 rings (SSSR count). The highest BCUT2D eigenvalue weighted by atomic mass is 35.5. The lowest BCUT2D eigenvalue weighted by molar-refractivity contribution is -0.387. The van der Waals surface area contributed by atoms with E-state index in [0.717, 1.165) is 11.8 Å². The summed E-state index contributed by atoms with van der Waals surface area (Å²) in [5.74, 6) is -0.338. The van der Waals surface area contributed by atoms with Crippen LogP contribution in [0.5, 0.6) is 0 Å². The molecule has 10 heteroatoms. The largest absolute Gasteiger partial charge is 0.339 e. The van der Waals surface area contributed by atoms with Crippen LogP contribution in [0.2, 0.25) is 10.0 Å². The summed E-state index contributed by atoms with van der Waals surface area (Å²) in [6.45, 7) is 7.03. The molecule has 0 radical (unpaired) electrons. The Bertz CT molecular complexity index is 1050. The first kappa shape index (κ1) is 23.1. The van der Waals surface area contributed by atoms with E-state index in [4.69, 9.17) is 23.2 Å². The van der Waals surface area contributed by atoms with E-state index in [1.165, 1.54) is 13.0 Å². The van der Waals surface area contributed by atoms with Crippen LogP contribution >= 0.6 is 35.0 Å². The molecule has 7 nitrogen and oxygen atoms in total. The Balaban J connectivity index is 1.80. The summed E-state index contributed by atoms with van der Waals surface area (Å²) >= 11 is 13.2. The Morgan fingerprint density at radius 2 is 1.61 bits per heavy atom. The molecule has 2 amide bonds. The van der Waals surface area contributed by atoms with E-state index in [0.29, 0.717) is 51.6 Å². The number of hydrogen-bond donors (Lipinski definition) is 0. The highest BCUT2D eigenvalue weighted by molar-refractivity contribution is 7.99. The fraction of sp³-hybridized carbons (Fsp3) is 0.238. The fourth-order valence-corrected chi connectivity index (χ4v) is 4.84. The summed E-state index contributed by atoms with van der Waals surface area (Å²) < 4.78 is 0. The normalized spacial score (nSPS) is 13.8. The van der Waals surface area contributed by atoms with Crippen molar-refractivity contribution in [2.24, 2.45) is 0 Å². The maximum Gasteiger partial charge on any atom is 0.283 e. The molecule has 2 aromatic carbocycles. The maximum absolute atomic E-state index is 12.8. The number of piperazine rings is 1. The first-order valence-electron chi connectivity index (χ1n) is 9.32. The summed E-state index contributed by atoms with van der Waals surface area (Å²) in [5.41, 5.74) is 0.398. The minimum atomic E-state index is -0.499. The van der Waals surface area contributed by atoms with Gasteiger partial charge in [-0.1, -0.05) is 47.6 Å². The molecule has 0 spiro atoms. The Labute approximate surface area is 193 Å². The lowest BCUT2D eigenvalue weighted by atomic mass is 10.1. The van der Waals surface area contributed by atoms with E-state index in [1.807, 2.05) is 0 Å². The van der Waals surface area contributed by atoms with Crippen molar-refractivity contribution < 1.29 is 14.5 Å². The number of carbonyl (C=O) groups is 2. The molecule has 0 N–H and O–H groups in total. The van der Waals surface area contributed by atoms with Gasteiger partial charge in [0.1, 0.15) is 0 Å². The third-order valence-corrected chi connectivity index (χ3v) is 6.31. The van der Waals surface area contributed by atoms with Gasteiger partial charge < -0.3 is 9.80 Å². The second-order valence-corrected chi connectivity index (χ2v) is 8.91. The van der Waals surface area contributed by atoms with Crippen LogP contribution in [0.25, 0.3) is 5.57 Å². The van der Waals surface area contributed by atoms with Gasteiger partial charge in [0, 0.05) is 59.7 Å². The predicted octanol–water partition coefficient (Wildman–Crippen LogP) is 4.76. The van der Waals surface area contributed by atoms with Crippen molar-refractivity contribution in [1.29, 1.82) is 0 Å². The van der Waals surface area contributed by atoms with Gasteiger partial charge in [-0.25, -0.2) is 0 Å². The second kappa shape index (κ2) is 9.72. The van der Waals surface area contributed by atoms with E-state index in [2.05, 4.69) is 6.58 Å². The zero-order chi connectivity index (χ0) is 22.7. The monoisotopic (exact) mass is 479 g/mol. The van der Waals surface area contributed by atoms with Gasteiger partial charge in [0.15, 0.2) is 0 Å². The molecular formula is C21H19Cl2N3O4S. The number of hydrogen-bond acceptors (Lipinski definition) is 5. The van der Waals surface area contributed by atoms with Crippen molar-refractivity contribution in [2.45, 2.75) is 16.7 Å². The molecule has 1 heterocycles. The van der Waals surface area contributed by atoms with Crippen LogP contribution in [-0.4, -0.2) is 52.7 Å². The van der Waals surface area contributed by atoms with Crippen molar-refractivity contribution >= 4 is 58.0 Å². The second-order valence-electron chi connectivity index (χ2n) is 6.92. The molecule has 0 saturated carbocycles. The predicted molar refractivity (Wildman–Crippen MR) is 122 cm³/mol. The van der Waals surface area contributed by atoms with E-state index >= 15 is 0 Å².